The van der Waals surface area contributed by atoms with Crippen LogP contribution < -0.4 is 10.0 Å². The Labute approximate surface area is 116 Å². The smallest absolute Gasteiger partial charge is 0.230 e. The number of carbonyl (C=O) groups is 1. The summed E-state index contributed by atoms with van der Waals surface area (Å²) in [5.41, 5.74) is -0.0436. The Morgan fingerprint density at radius 2 is 2.11 bits per heavy atom. The number of thiazole rings is 1. The molecule has 2 rings (SSSR count). The fourth-order valence-corrected chi connectivity index (χ4v) is 3.55. The van der Waals surface area contributed by atoms with E-state index in [1.807, 2.05) is 0 Å². The lowest BCUT2D eigenvalue weighted by Crippen LogP contribution is -2.32. The summed E-state index contributed by atoms with van der Waals surface area (Å²) in [5.74, 6) is -0.242. The van der Waals surface area contributed by atoms with Crippen LogP contribution in [0.25, 0.3) is 0 Å². The van der Waals surface area contributed by atoms with Crippen LogP contribution in [0, 0.1) is 0 Å². The highest BCUT2D eigenvalue weighted by molar-refractivity contribution is 7.89. The van der Waals surface area contributed by atoms with Gasteiger partial charge >= 0.3 is 0 Å². The number of aromatic nitrogens is 1. The van der Waals surface area contributed by atoms with Crippen molar-refractivity contribution in [2.24, 2.45) is 5.14 Å². The van der Waals surface area contributed by atoms with Crippen molar-refractivity contribution in [1.82, 2.24) is 4.98 Å². The Morgan fingerprint density at radius 1 is 1.47 bits per heavy atom. The van der Waals surface area contributed by atoms with Crippen LogP contribution in [0.15, 0.2) is 6.20 Å². The van der Waals surface area contributed by atoms with Gasteiger partial charge in [-0.3, -0.25) is 9.69 Å². The predicted molar refractivity (Wildman–Crippen MR) is 74.7 cm³/mol. The van der Waals surface area contributed by atoms with Gasteiger partial charge in [0.1, 0.15) is 5.25 Å². The molecule has 1 amide bonds. The van der Waals surface area contributed by atoms with Gasteiger partial charge in [0.25, 0.3) is 0 Å². The lowest BCUT2D eigenvalue weighted by molar-refractivity contribution is -0.117. The summed E-state index contributed by atoms with van der Waals surface area (Å²) >= 11 is 1.41. The van der Waals surface area contributed by atoms with Crippen LogP contribution in [0.1, 0.15) is 32.1 Å². The number of hydrogen-bond acceptors (Lipinski definition) is 5. The van der Waals surface area contributed by atoms with Crippen molar-refractivity contribution in [3.63, 3.8) is 0 Å². The Balaban J connectivity index is 2.24. The molecule has 6 nitrogen and oxygen atoms in total. The largest absolute Gasteiger partial charge is 0.287 e. The molecule has 1 unspecified atom stereocenters. The molecule has 106 valence electrons. The van der Waals surface area contributed by atoms with Crippen molar-refractivity contribution >= 4 is 32.4 Å². The minimum absolute atomic E-state index is 0.0436. The second kappa shape index (κ2) is 4.53. The van der Waals surface area contributed by atoms with E-state index >= 15 is 0 Å². The Hall–Kier alpha value is -0.990. The molecular formula is C11H17N3O3S2. The monoisotopic (exact) mass is 303 g/mol. The SMILES string of the molecule is CC(C)(C)c1cnc(N2CC(S(N)(=O)=O)CC2=O)s1. The van der Waals surface area contributed by atoms with E-state index in [9.17, 15) is 13.2 Å². The van der Waals surface area contributed by atoms with Crippen LogP contribution in [-0.4, -0.2) is 31.1 Å². The summed E-state index contributed by atoms with van der Waals surface area (Å²) in [6.07, 6.45) is 1.67. The maximum atomic E-state index is 11.9. The van der Waals surface area contributed by atoms with E-state index in [4.69, 9.17) is 5.14 Å². The number of primary sulfonamides is 1. The van der Waals surface area contributed by atoms with Crippen LogP contribution in [-0.2, 0) is 20.2 Å². The molecule has 0 bridgehead atoms. The standard InChI is InChI=1S/C11H17N3O3S2/c1-11(2,3)8-5-13-10(18-8)14-6-7(4-9(14)15)19(12,16)17/h5,7H,4,6H2,1-3H3,(H2,12,16,17). The molecule has 1 aromatic rings. The molecule has 1 aliphatic heterocycles. The van der Waals surface area contributed by atoms with Crippen molar-refractivity contribution in [2.75, 3.05) is 11.4 Å². The molecule has 0 spiro atoms. The van der Waals surface area contributed by atoms with Crippen molar-refractivity contribution in [3.8, 4) is 0 Å². The highest BCUT2D eigenvalue weighted by Crippen LogP contribution is 2.34. The zero-order valence-electron chi connectivity index (χ0n) is 11.1. The van der Waals surface area contributed by atoms with Gasteiger partial charge in [-0.1, -0.05) is 20.8 Å². The third-order valence-corrected chi connectivity index (χ3v) is 5.71. The zero-order valence-corrected chi connectivity index (χ0v) is 12.7. The first-order chi connectivity index (χ1) is 8.59. The third kappa shape index (κ3) is 2.96. The van der Waals surface area contributed by atoms with Gasteiger partial charge < -0.3 is 0 Å². The Morgan fingerprint density at radius 3 is 2.53 bits per heavy atom. The molecule has 0 saturated carbocycles. The van der Waals surface area contributed by atoms with Gasteiger partial charge in [-0.05, 0) is 5.41 Å². The first kappa shape index (κ1) is 14.4. The van der Waals surface area contributed by atoms with Gasteiger partial charge in [-0.2, -0.15) is 0 Å². The molecule has 1 aliphatic rings. The number of hydrogen-bond donors (Lipinski definition) is 1. The normalized spacial score (nSPS) is 21.2. The number of nitrogens with zero attached hydrogens (tertiary/aromatic N) is 2. The zero-order chi connectivity index (χ0) is 14.4. The second-order valence-electron chi connectivity index (χ2n) is 5.68. The highest BCUT2D eigenvalue weighted by atomic mass is 32.2. The van der Waals surface area contributed by atoms with Gasteiger partial charge in [0.05, 0.1) is 0 Å². The van der Waals surface area contributed by atoms with Gasteiger partial charge in [0, 0.05) is 24.0 Å². The van der Waals surface area contributed by atoms with Crippen LogP contribution in [0.3, 0.4) is 0 Å². The van der Waals surface area contributed by atoms with Crippen molar-refractivity contribution in [3.05, 3.63) is 11.1 Å². The number of carbonyl (C=O) groups excluding carboxylic acids is 1. The summed E-state index contributed by atoms with van der Waals surface area (Å²) in [4.78, 5) is 18.5. The summed E-state index contributed by atoms with van der Waals surface area (Å²) in [6, 6.07) is 0. The lowest BCUT2D eigenvalue weighted by Gasteiger charge is -2.15. The van der Waals surface area contributed by atoms with Gasteiger partial charge in [0.15, 0.2) is 5.13 Å². The molecule has 2 heterocycles. The van der Waals surface area contributed by atoms with Crippen LogP contribution in [0.2, 0.25) is 0 Å². The van der Waals surface area contributed by atoms with Crippen LogP contribution in [0.5, 0.6) is 0 Å². The second-order valence-corrected chi connectivity index (χ2v) is 8.53. The van der Waals surface area contributed by atoms with Crippen LogP contribution in [0.4, 0.5) is 5.13 Å². The van der Waals surface area contributed by atoms with E-state index in [2.05, 4.69) is 25.8 Å². The molecule has 1 saturated heterocycles. The maximum Gasteiger partial charge on any atom is 0.230 e. The molecule has 8 heteroatoms. The van der Waals surface area contributed by atoms with E-state index in [1.165, 1.54) is 16.2 Å². The van der Waals surface area contributed by atoms with Crippen molar-refractivity contribution < 1.29 is 13.2 Å². The molecule has 1 atom stereocenters. The number of nitrogens with two attached hydrogens (primary N) is 1. The molecule has 19 heavy (non-hydrogen) atoms. The van der Waals surface area contributed by atoms with Crippen LogP contribution >= 0.6 is 11.3 Å². The Bertz CT molecular complexity index is 601. The average Bonchev–Trinajstić information content (AvgIpc) is 2.80. The quantitative estimate of drug-likeness (QED) is 0.876. The third-order valence-electron chi connectivity index (χ3n) is 3.02. The van der Waals surface area contributed by atoms with Gasteiger partial charge in [-0.25, -0.2) is 18.5 Å². The lowest BCUT2D eigenvalue weighted by atomic mass is 9.96. The summed E-state index contributed by atoms with van der Waals surface area (Å²) in [5, 5.41) is 4.81. The van der Waals surface area contributed by atoms with Gasteiger partial charge in [-0.15, -0.1) is 11.3 Å². The molecule has 2 N–H and O–H groups in total. The van der Waals surface area contributed by atoms with Crippen molar-refractivity contribution in [2.45, 2.75) is 37.9 Å². The van der Waals surface area contributed by atoms with Crippen molar-refractivity contribution in [1.29, 1.82) is 0 Å². The minimum atomic E-state index is -3.68. The summed E-state index contributed by atoms with van der Waals surface area (Å²) in [7, 11) is -3.68. The minimum Gasteiger partial charge on any atom is -0.287 e. The van der Waals surface area contributed by atoms with E-state index in [0.717, 1.165) is 4.88 Å². The molecule has 1 fully saturated rings. The van der Waals surface area contributed by atoms with E-state index < -0.39 is 15.3 Å². The summed E-state index contributed by atoms with van der Waals surface area (Å²) in [6.45, 7) is 6.27. The Kier molecular flexibility index (Phi) is 3.44. The van der Waals surface area contributed by atoms with E-state index in [1.54, 1.807) is 6.20 Å². The molecule has 0 aromatic carbocycles. The fourth-order valence-electron chi connectivity index (χ4n) is 1.82. The molecule has 0 radical (unpaired) electrons. The highest BCUT2D eigenvalue weighted by Gasteiger charge is 2.38. The number of anilines is 1. The molecule has 0 aliphatic carbocycles. The van der Waals surface area contributed by atoms with E-state index in [0.29, 0.717) is 5.13 Å². The van der Waals surface area contributed by atoms with E-state index in [-0.39, 0.29) is 24.3 Å². The average molecular weight is 303 g/mol. The fraction of sp³-hybridized carbons (Fsp3) is 0.636. The molecule has 1 aromatic heterocycles. The topological polar surface area (TPSA) is 93.4 Å². The summed E-state index contributed by atoms with van der Waals surface area (Å²) < 4.78 is 22.6. The predicted octanol–water partition coefficient (Wildman–Crippen LogP) is 0.834. The first-order valence-electron chi connectivity index (χ1n) is 5.87. The number of rotatable bonds is 2. The molecular weight excluding hydrogens is 286 g/mol. The number of amides is 1. The van der Waals surface area contributed by atoms with Gasteiger partial charge in [0.2, 0.25) is 15.9 Å². The first-order valence-corrected chi connectivity index (χ1v) is 8.30. The number of sulfonamides is 1. The maximum absolute atomic E-state index is 11.9.